The first-order chi connectivity index (χ1) is 17.4. The zero-order valence-corrected chi connectivity index (χ0v) is 21.1. The third-order valence-corrected chi connectivity index (χ3v) is 6.53. The fourth-order valence-electron chi connectivity index (χ4n) is 3.54. The molecule has 4 rings (SSSR count). The quantitative estimate of drug-likeness (QED) is 0.308. The van der Waals surface area contributed by atoms with E-state index in [-0.39, 0.29) is 5.91 Å². The van der Waals surface area contributed by atoms with Gasteiger partial charge in [-0.25, -0.2) is 4.79 Å². The fraction of sp³-hybridized carbons (Fsp3) is 0.185. The molecule has 0 bridgehead atoms. The van der Waals surface area contributed by atoms with Crippen LogP contribution in [0.15, 0.2) is 72.8 Å². The number of ether oxygens (including phenoxy) is 1. The van der Waals surface area contributed by atoms with Gasteiger partial charge in [0.25, 0.3) is 0 Å². The van der Waals surface area contributed by atoms with E-state index >= 15 is 0 Å². The van der Waals surface area contributed by atoms with Crippen molar-refractivity contribution in [1.82, 2.24) is 15.5 Å². The zero-order valence-electron chi connectivity index (χ0n) is 20.2. The first-order valence-electron chi connectivity index (χ1n) is 11.4. The first kappa shape index (κ1) is 24.9. The van der Waals surface area contributed by atoms with Crippen molar-refractivity contribution < 1.29 is 14.3 Å². The van der Waals surface area contributed by atoms with Crippen LogP contribution in [0.1, 0.15) is 16.7 Å². The van der Waals surface area contributed by atoms with E-state index in [2.05, 4.69) is 26.1 Å². The maximum atomic E-state index is 13.2. The summed E-state index contributed by atoms with van der Waals surface area (Å²) in [6, 6.07) is 21.3. The molecule has 3 N–H and O–H groups in total. The zero-order chi connectivity index (χ0) is 25.5. The van der Waals surface area contributed by atoms with Gasteiger partial charge in [-0.2, -0.15) is 0 Å². The van der Waals surface area contributed by atoms with Crippen molar-refractivity contribution in [2.24, 2.45) is 0 Å². The third-order valence-electron chi connectivity index (χ3n) is 5.64. The van der Waals surface area contributed by atoms with E-state index in [0.29, 0.717) is 28.0 Å². The Kier molecular flexibility index (Phi) is 7.92. The number of aromatic nitrogens is 2. The van der Waals surface area contributed by atoms with E-state index in [1.54, 1.807) is 7.11 Å². The topological polar surface area (TPSA) is 105 Å². The molecular formula is C27H27N5O3S. The van der Waals surface area contributed by atoms with Gasteiger partial charge < -0.3 is 15.4 Å². The van der Waals surface area contributed by atoms with Gasteiger partial charge in [-0.1, -0.05) is 59.9 Å². The van der Waals surface area contributed by atoms with Crippen molar-refractivity contribution in [3.8, 4) is 16.3 Å². The number of rotatable bonds is 8. The molecular weight excluding hydrogens is 474 g/mol. The molecule has 8 nitrogen and oxygen atoms in total. The number of hydrogen-bond donors (Lipinski definition) is 3. The molecule has 0 radical (unpaired) electrons. The summed E-state index contributed by atoms with van der Waals surface area (Å²) in [5, 5.41) is 17.7. The minimum absolute atomic E-state index is 0.314. The van der Waals surface area contributed by atoms with Gasteiger partial charge in [0.15, 0.2) is 0 Å². The van der Waals surface area contributed by atoms with Gasteiger partial charge in [-0.15, -0.1) is 10.2 Å². The molecule has 4 aromatic rings. The van der Waals surface area contributed by atoms with Crippen molar-refractivity contribution in [1.29, 1.82) is 0 Å². The van der Waals surface area contributed by atoms with Crippen LogP contribution in [0.5, 0.6) is 5.75 Å². The summed E-state index contributed by atoms with van der Waals surface area (Å²) < 4.78 is 5.27. The number of urea groups is 1. The summed E-state index contributed by atoms with van der Waals surface area (Å²) in [5.41, 5.74) is 4.60. The monoisotopic (exact) mass is 501 g/mol. The number of carbonyl (C=O) groups is 2. The highest BCUT2D eigenvalue weighted by Gasteiger charge is 2.23. The lowest BCUT2D eigenvalue weighted by Gasteiger charge is -2.18. The van der Waals surface area contributed by atoms with Crippen LogP contribution in [0.25, 0.3) is 10.6 Å². The first-order valence-corrected chi connectivity index (χ1v) is 12.2. The molecule has 36 heavy (non-hydrogen) atoms. The van der Waals surface area contributed by atoms with Crippen LogP contribution in [0.4, 0.5) is 15.6 Å². The molecule has 0 aliphatic carbocycles. The number of nitrogens with one attached hydrogen (secondary N) is 3. The van der Waals surface area contributed by atoms with E-state index in [4.69, 9.17) is 4.74 Å². The molecule has 0 spiro atoms. The van der Waals surface area contributed by atoms with Gasteiger partial charge in [0.1, 0.15) is 16.8 Å². The van der Waals surface area contributed by atoms with Crippen LogP contribution in [-0.4, -0.2) is 35.3 Å². The van der Waals surface area contributed by atoms with Gasteiger partial charge in [0, 0.05) is 17.7 Å². The smallest absolute Gasteiger partial charge is 0.319 e. The lowest BCUT2D eigenvalue weighted by Crippen LogP contribution is -2.46. The van der Waals surface area contributed by atoms with Crippen molar-refractivity contribution in [2.75, 3.05) is 17.7 Å². The molecule has 3 aromatic carbocycles. The Morgan fingerprint density at radius 2 is 1.72 bits per heavy atom. The van der Waals surface area contributed by atoms with Crippen molar-refractivity contribution >= 4 is 34.1 Å². The van der Waals surface area contributed by atoms with E-state index < -0.39 is 12.1 Å². The summed E-state index contributed by atoms with van der Waals surface area (Å²) in [6.07, 6.45) is 0.314. The van der Waals surface area contributed by atoms with Crippen LogP contribution in [0.2, 0.25) is 0 Å². The largest absolute Gasteiger partial charge is 0.497 e. The Morgan fingerprint density at radius 3 is 2.47 bits per heavy atom. The molecule has 0 aliphatic rings. The molecule has 0 saturated heterocycles. The van der Waals surface area contributed by atoms with Gasteiger partial charge in [0.2, 0.25) is 11.0 Å². The van der Waals surface area contributed by atoms with E-state index in [1.165, 1.54) is 11.3 Å². The van der Waals surface area contributed by atoms with Crippen LogP contribution in [-0.2, 0) is 11.2 Å². The fourth-order valence-corrected chi connectivity index (χ4v) is 4.29. The highest BCUT2D eigenvalue weighted by atomic mass is 32.1. The lowest BCUT2D eigenvalue weighted by molar-refractivity contribution is -0.117. The second-order valence-electron chi connectivity index (χ2n) is 8.27. The van der Waals surface area contributed by atoms with E-state index in [0.717, 1.165) is 22.3 Å². The number of methoxy groups -OCH3 is 1. The summed E-state index contributed by atoms with van der Waals surface area (Å²) >= 11 is 1.24. The minimum Gasteiger partial charge on any atom is -0.497 e. The summed E-state index contributed by atoms with van der Waals surface area (Å²) in [4.78, 5) is 26.0. The second-order valence-corrected chi connectivity index (χ2v) is 9.25. The third kappa shape index (κ3) is 6.45. The van der Waals surface area contributed by atoms with Crippen LogP contribution >= 0.6 is 11.3 Å². The molecule has 184 valence electrons. The molecule has 9 heteroatoms. The molecule has 1 atom stereocenters. The number of benzene rings is 3. The summed E-state index contributed by atoms with van der Waals surface area (Å²) in [5.74, 6) is 0.317. The molecule has 1 aromatic heterocycles. The number of carbonyl (C=O) groups excluding carboxylic acids is 2. The number of nitrogens with zero attached hydrogens (tertiary/aromatic N) is 2. The summed E-state index contributed by atoms with van der Waals surface area (Å²) in [6.45, 7) is 3.98. The highest BCUT2D eigenvalue weighted by molar-refractivity contribution is 7.18. The van der Waals surface area contributed by atoms with Crippen molar-refractivity contribution in [3.63, 3.8) is 0 Å². The van der Waals surface area contributed by atoms with Crippen LogP contribution in [0, 0.1) is 13.8 Å². The summed E-state index contributed by atoms with van der Waals surface area (Å²) in [7, 11) is 1.60. The maximum absolute atomic E-state index is 13.2. The average molecular weight is 502 g/mol. The number of anilines is 2. The highest BCUT2D eigenvalue weighted by Crippen LogP contribution is 2.28. The standard InChI is InChI=1S/C27H27N5O3S/c1-17-12-13-21(14-18(17)2)28-26(34)29-23(15-19-8-5-4-6-9-19)24(33)30-27-32-31-25(36-27)20-10-7-11-22(16-20)35-3/h4-14,16,23H,15H2,1-3H3,(H2,28,29,34)(H,30,32,33). The Bertz CT molecular complexity index is 1360. The van der Waals surface area contributed by atoms with Crippen LogP contribution < -0.4 is 20.7 Å². The van der Waals surface area contributed by atoms with Gasteiger partial charge in [0.05, 0.1) is 7.11 Å². The predicted octanol–water partition coefficient (Wildman–Crippen LogP) is 5.20. The van der Waals surface area contributed by atoms with Crippen molar-refractivity contribution in [3.05, 3.63) is 89.5 Å². The Morgan fingerprint density at radius 1 is 0.917 bits per heavy atom. The second kappa shape index (κ2) is 11.5. The Balaban J connectivity index is 1.48. The minimum atomic E-state index is -0.830. The molecule has 1 unspecified atom stereocenters. The molecule has 0 saturated carbocycles. The predicted molar refractivity (Wildman–Crippen MR) is 143 cm³/mol. The number of aryl methyl sites for hydroxylation is 2. The normalized spacial score (nSPS) is 11.4. The average Bonchev–Trinajstić information content (AvgIpc) is 3.35. The van der Waals surface area contributed by atoms with E-state index in [9.17, 15) is 9.59 Å². The maximum Gasteiger partial charge on any atom is 0.319 e. The number of amides is 3. The van der Waals surface area contributed by atoms with Crippen LogP contribution in [0.3, 0.4) is 0 Å². The van der Waals surface area contributed by atoms with Crippen molar-refractivity contribution in [2.45, 2.75) is 26.3 Å². The SMILES string of the molecule is COc1cccc(-c2nnc(NC(=O)C(Cc3ccccc3)NC(=O)Nc3ccc(C)c(C)c3)s2)c1. The Labute approximate surface area is 213 Å². The molecule has 0 fully saturated rings. The van der Waals surface area contributed by atoms with Gasteiger partial charge in [-0.3, -0.25) is 10.1 Å². The van der Waals surface area contributed by atoms with Gasteiger partial charge in [-0.05, 0) is 54.8 Å². The Hall–Kier alpha value is -4.24. The lowest BCUT2D eigenvalue weighted by atomic mass is 10.1. The van der Waals surface area contributed by atoms with Gasteiger partial charge >= 0.3 is 6.03 Å². The van der Waals surface area contributed by atoms with E-state index in [1.807, 2.05) is 86.6 Å². The number of hydrogen-bond acceptors (Lipinski definition) is 6. The molecule has 3 amide bonds. The molecule has 0 aliphatic heterocycles. The molecule has 1 heterocycles.